The second kappa shape index (κ2) is 8.06. The van der Waals surface area contributed by atoms with Crippen molar-refractivity contribution in [2.75, 3.05) is 11.9 Å². The summed E-state index contributed by atoms with van der Waals surface area (Å²) in [5, 5.41) is 18.3. The van der Waals surface area contributed by atoms with Gasteiger partial charge in [-0.2, -0.15) is 13.2 Å². The number of H-pyrrole nitrogens is 1. The molecule has 2 atom stereocenters. The molecule has 1 saturated heterocycles. The third kappa shape index (κ3) is 4.11. The number of rotatable bonds is 4. The number of aryl methyl sites for hydroxylation is 1. The lowest BCUT2D eigenvalue weighted by Crippen LogP contribution is -2.43. The molecule has 0 spiro atoms. The normalized spacial score (nSPS) is 19.2. The summed E-state index contributed by atoms with van der Waals surface area (Å²) in [7, 11) is 1.68. The molecule has 33 heavy (non-hydrogen) atoms. The fourth-order valence-corrected chi connectivity index (χ4v) is 3.94. The van der Waals surface area contributed by atoms with Crippen LogP contribution in [0, 0.1) is 0 Å². The predicted octanol–water partition coefficient (Wildman–Crippen LogP) is 2.78. The van der Waals surface area contributed by atoms with Gasteiger partial charge in [-0.1, -0.05) is 0 Å². The number of alkyl halides is 3. The number of halogens is 3. The van der Waals surface area contributed by atoms with Gasteiger partial charge in [-0.25, -0.2) is 19.6 Å². The Bertz CT molecular complexity index is 1290. The third-order valence-corrected chi connectivity index (χ3v) is 5.73. The fraction of sp³-hybridized carbons (Fsp3) is 0.400. The summed E-state index contributed by atoms with van der Waals surface area (Å²) in [6.07, 6.45) is -0.471. The van der Waals surface area contributed by atoms with Crippen molar-refractivity contribution < 1.29 is 13.2 Å². The number of anilines is 1. The molecule has 10 nitrogen and oxygen atoms in total. The van der Waals surface area contributed by atoms with Crippen molar-refractivity contribution in [3.05, 3.63) is 30.1 Å². The third-order valence-electron chi connectivity index (χ3n) is 5.73. The first kappa shape index (κ1) is 21.2. The Morgan fingerprint density at radius 3 is 2.73 bits per heavy atom. The minimum Gasteiger partial charge on any atom is -0.350 e. The van der Waals surface area contributed by atoms with Crippen molar-refractivity contribution in [2.24, 2.45) is 7.05 Å². The molecule has 0 saturated carbocycles. The van der Waals surface area contributed by atoms with Gasteiger partial charge in [0.2, 0.25) is 5.95 Å². The second-order valence-electron chi connectivity index (χ2n) is 8.10. The zero-order valence-electron chi connectivity index (χ0n) is 17.8. The molecule has 0 aromatic carbocycles. The van der Waals surface area contributed by atoms with E-state index in [1.54, 1.807) is 19.2 Å². The zero-order chi connectivity index (χ0) is 23.2. The van der Waals surface area contributed by atoms with Gasteiger partial charge in [-0.3, -0.25) is 0 Å². The van der Waals surface area contributed by atoms with E-state index in [1.165, 1.54) is 10.9 Å². The van der Waals surface area contributed by atoms with Gasteiger partial charge < -0.3 is 15.6 Å². The van der Waals surface area contributed by atoms with Crippen molar-refractivity contribution in [3.8, 4) is 22.8 Å². The van der Waals surface area contributed by atoms with Crippen LogP contribution in [0.3, 0.4) is 0 Å². The largest absolute Gasteiger partial charge is 0.419 e. The smallest absolute Gasteiger partial charge is 0.350 e. The highest BCUT2D eigenvalue weighted by Crippen LogP contribution is 2.38. The molecule has 0 unspecified atom stereocenters. The number of nitrogens with zero attached hydrogens (tertiary/aromatic N) is 7. The lowest BCUT2D eigenvalue weighted by Gasteiger charge is -2.28. The molecule has 3 N–H and O–H groups in total. The van der Waals surface area contributed by atoms with Gasteiger partial charge in [0, 0.05) is 49.0 Å². The molecule has 0 aliphatic carbocycles. The molecule has 1 fully saturated rings. The highest BCUT2D eigenvalue weighted by molar-refractivity contribution is 5.94. The summed E-state index contributed by atoms with van der Waals surface area (Å²) in [6, 6.07) is 3.79. The lowest BCUT2D eigenvalue weighted by atomic mass is 10.0. The first-order chi connectivity index (χ1) is 15.8. The Kier molecular flexibility index (Phi) is 5.19. The molecule has 4 aromatic rings. The highest BCUT2D eigenvalue weighted by Gasteiger charge is 2.36. The maximum atomic E-state index is 13.8. The molecule has 0 bridgehead atoms. The van der Waals surface area contributed by atoms with Crippen LogP contribution in [-0.2, 0) is 13.2 Å². The Hall–Kier alpha value is -3.61. The summed E-state index contributed by atoms with van der Waals surface area (Å²) in [5.74, 6) is 0.594. The minimum absolute atomic E-state index is 0.0398. The number of piperidine rings is 1. The second-order valence-corrected chi connectivity index (χ2v) is 8.10. The van der Waals surface area contributed by atoms with Crippen molar-refractivity contribution in [2.45, 2.75) is 38.0 Å². The number of tetrazole rings is 1. The average molecular weight is 458 g/mol. The van der Waals surface area contributed by atoms with Crippen LogP contribution in [0.25, 0.3) is 33.8 Å². The lowest BCUT2D eigenvalue weighted by molar-refractivity contribution is -0.137. The van der Waals surface area contributed by atoms with Gasteiger partial charge in [0.1, 0.15) is 16.9 Å². The average Bonchev–Trinajstić information content (AvgIpc) is 3.40. The predicted molar refractivity (Wildman–Crippen MR) is 114 cm³/mol. The van der Waals surface area contributed by atoms with E-state index in [2.05, 4.69) is 53.0 Å². The van der Waals surface area contributed by atoms with E-state index < -0.39 is 11.7 Å². The van der Waals surface area contributed by atoms with Crippen LogP contribution in [0.2, 0.25) is 0 Å². The maximum Gasteiger partial charge on any atom is 0.419 e. The molecule has 4 aromatic heterocycles. The summed E-state index contributed by atoms with van der Waals surface area (Å²) < 4.78 is 42.9. The van der Waals surface area contributed by atoms with Gasteiger partial charge in [0.05, 0.1) is 5.69 Å². The van der Waals surface area contributed by atoms with Crippen LogP contribution in [0.5, 0.6) is 0 Å². The Balaban J connectivity index is 1.54. The van der Waals surface area contributed by atoms with E-state index in [4.69, 9.17) is 0 Å². The number of nitrogens with one attached hydrogen (secondary N) is 3. The summed E-state index contributed by atoms with van der Waals surface area (Å²) >= 11 is 0. The monoisotopic (exact) mass is 458 g/mol. The number of aromatic nitrogens is 8. The molecule has 13 heteroatoms. The number of pyridine rings is 1. The molecule has 1 aliphatic heterocycles. The van der Waals surface area contributed by atoms with E-state index in [0.717, 1.165) is 19.0 Å². The van der Waals surface area contributed by atoms with E-state index in [-0.39, 0.29) is 23.2 Å². The standard InChI is InChI=1S/C20H21F3N10/c1-10-3-4-11(7-24-10)27-19-26-9-14(20(21,22)23)16(29-19)13-8-25-17-12(13)5-6-15(28-17)18-30-31-32-33(18)2/h5-6,8-11,24H,3-4,7H2,1-2H3,(H,25,28)(H,26,27,29)/t10-,11-/m0/s1. The van der Waals surface area contributed by atoms with E-state index in [9.17, 15) is 13.2 Å². The topological polar surface area (TPSA) is 122 Å². The molecule has 1 aliphatic rings. The van der Waals surface area contributed by atoms with E-state index in [1.807, 2.05) is 0 Å². The summed E-state index contributed by atoms with van der Waals surface area (Å²) in [6.45, 7) is 2.79. The number of hydrogen-bond donors (Lipinski definition) is 3. The van der Waals surface area contributed by atoms with Crippen LogP contribution < -0.4 is 10.6 Å². The molecule has 0 radical (unpaired) electrons. The van der Waals surface area contributed by atoms with Crippen molar-refractivity contribution in [1.82, 2.24) is 45.5 Å². The SMILES string of the molecule is C[C@H]1CC[C@H](Nc2ncc(C(F)(F)F)c(-c3c[nH]c4nc(-c5nnnn5C)ccc34)n2)CN1. The van der Waals surface area contributed by atoms with Crippen LogP contribution in [0.15, 0.2) is 24.5 Å². The molecule has 172 valence electrons. The van der Waals surface area contributed by atoms with Gasteiger partial charge >= 0.3 is 6.18 Å². The maximum absolute atomic E-state index is 13.8. The zero-order valence-corrected chi connectivity index (χ0v) is 17.8. The Morgan fingerprint density at radius 2 is 2.03 bits per heavy atom. The van der Waals surface area contributed by atoms with Gasteiger partial charge in [0.15, 0.2) is 5.82 Å². The first-order valence-corrected chi connectivity index (χ1v) is 10.4. The fourth-order valence-electron chi connectivity index (χ4n) is 3.94. The Labute approximate surface area is 186 Å². The van der Waals surface area contributed by atoms with Crippen LogP contribution in [0.4, 0.5) is 19.1 Å². The molecule has 0 amide bonds. The number of fused-ring (bicyclic) bond motifs is 1. The van der Waals surface area contributed by atoms with Crippen LogP contribution >= 0.6 is 0 Å². The summed E-state index contributed by atoms with van der Waals surface area (Å²) in [5.41, 5.74) is 0.0539. The van der Waals surface area contributed by atoms with Crippen molar-refractivity contribution >= 4 is 17.0 Å². The van der Waals surface area contributed by atoms with Crippen molar-refractivity contribution in [3.63, 3.8) is 0 Å². The first-order valence-electron chi connectivity index (χ1n) is 10.4. The van der Waals surface area contributed by atoms with Crippen molar-refractivity contribution in [1.29, 1.82) is 0 Å². The Morgan fingerprint density at radius 1 is 1.18 bits per heavy atom. The summed E-state index contributed by atoms with van der Waals surface area (Å²) in [4.78, 5) is 15.6. The highest BCUT2D eigenvalue weighted by atomic mass is 19.4. The van der Waals surface area contributed by atoms with Gasteiger partial charge in [-0.05, 0) is 42.3 Å². The van der Waals surface area contributed by atoms with Crippen LogP contribution in [-0.4, -0.2) is 58.8 Å². The number of hydrogen-bond acceptors (Lipinski definition) is 8. The molecular formula is C20H21F3N10. The van der Waals surface area contributed by atoms with Gasteiger partial charge in [0.25, 0.3) is 0 Å². The van der Waals surface area contributed by atoms with E-state index >= 15 is 0 Å². The molecular weight excluding hydrogens is 437 g/mol. The van der Waals surface area contributed by atoms with Gasteiger partial charge in [-0.15, -0.1) is 5.10 Å². The molecule has 5 heterocycles. The number of aromatic amines is 1. The quantitative estimate of drug-likeness (QED) is 0.427. The van der Waals surface area contributed by atoms with E-state index in [0.29, 0.717) is 35.1 Å². The minimum atomic E-state index is -4.61. The van der Waals surface area contributed by atoms with Crippen LogP contribution in [0.1, 0.15) is 25.3 Å². The molecule has 5 rings (SSSR count).